The van der Waals surface area contributed by atoms with E-state index in [0.29, 0.717) is 18.7 Å². The number of carbonyl (C=O) groups is 1. The van der Waals surface area contributed by atoms with E-state index >= 15 is 0 Å². The van der Waals surface area contributed by atoms with Crippen LogP contribution >= 0.6 is 0 Å². The van der Waals surface area contributed by atoms with Crippen molar-refractivity contribution in [3.05, 3.63) is 59.9 Å². The summed E-state index contributed by atoms with van der Waals surface area (Å²) in [5.74, 6) is 0.0410. The van der Waals surface area contributed by atoms with Crippen LogP contribution in [0, 0.1) is 0 Å². The Bertz CT molecular complexity index is 645. The third kappa shape index (κ3) is 2.80. The topological polar surface area (TPSA) is 54.5 Å². The fourth-order valence-corrected chi connectivity index (χ4v) is 2.70. The van der Waals surface area contributed by atoms with E-state index < -0.39 is 0 Å². The van der Waals surface area contributed by atoms with Gasteiger partial charge in [0.2, 0.25) is 0 Å². The summed E-state index contributed by atoms with van der Waals surface area (Å²) in [5.41, 5.74) is 2.55. The molecule has 1 unspecified atom stereocenters. The number of benzene rings is 1. The molecule has 22 heavy (non-hydrogen) atoms. The third-order valence-corrected chi connectivity index (χ3v) is 3.77. The van der Waals surface area contributed by atoms with Crippen molar-refractivity contribution in [3.63, 3.8) is 0 Å². The summed E-state index contributed by atoms with van der Waals surface area (Å²) in [6.07, 6.45) is 4.12. The Balaban J connectivity index is 1.93. The highest BCUT2D eigenvalue weighted by Gasteiger charge is 2.32. The smallest absolute Gasteiger partial charge is 0.257 e. The molecule has 0 spiro atoms. The maximum Gasteiger partial charge on any atom is 0.257 e. The first-order chi connectivity index (χ1) is 10.8. The van der Waals surface area contributed by atoms with Gasteiger partial charge in [-0.05, 0) is 24.6 Å². The highest BCUT2D eigenvalue weighted by atomic mass is 16.5. The maximum atomic E-state index is 12.8. The zero-order chi connectivity index (χ0) is 15.4. The number of hydrogen-bond acceptors (Lipinski definition) is 4. The van der Waals surface area contributed by atoms with Crippen LogP contribution in [0.1, 0.15) is 28.5 Å². The molecule has 1 aromatic carbocycles. The summed E-state index contributed by atoms with van der Waals surface area (Å²) in [6, 6.07) is 11.5. The molecule has 114 valence electrons. The minimum atomic E-state index is -0.201. The number of methoxy groups -OCH3 is 1. The molecule has 0 aliphatic carbocycles. The van der Waals surface area contributed by atoms with Gasteiger partial charge in [-0.25, -0.2) is 0 Å². The van der Waals surface area contributed by atoms with Crippen molar-refractivity contribution in [2.75, 3.05) is 25.6 Å². The van der Waals surface area contributed by atoms with E-state index in [0.717, 1.165) is 17.7 Å². The first-order valence-electron chi connectivity index (χ1n) is 7.36. The second-order valence-electron chi connectivity index (χ2n) is 5.22. The third-order valence-electron chi connectivity index (χ3n) is 3.77. The Morgan fingerprint density at radius 2 is 2.14 bits per heavy atom. The first-order valence-corrected chi connectivity index (χ1v) is 7.36. The summed E-state index contributed by atoms with van der Waals surface area (Å²) >= 11 is 0. The number of nitrogens with one attached hydrogen (secondary N) is 1. The molecular weight excluding hydrogens is 278 g/mol. The van der Waals surface area contributed by atoms with Crippen LogP contribution in [0.5, 0.6) is 0 Å². The van der Waals surface area contributed by atoms with Gasteiger partial charge in [-0.2, -0.15) is 0 Å². The summed E-state index contributed by atoms with van der Waals surface area (Å²) in [5, 5.41) is 3.44. The molecular formula is C17H19N3O2. The molecule has 0 bridgehead atoms. The van der Waals surface area contributed by atoms with Crippen molar-refractivity contribution >= 4 is 11.6 Å². The Kier molecular flexibility index (Phi) is 4.34. The predicted molar refractivity (Wildman–Crippen MR) is 84.6 cm³/mol. The van der Waals surface area contributed by atoms with Crippen LogP contribution in [0.25, 0.3) is 0 Å². The van der Waals surface area contributed by atoms with Crippen molar-refractivity contribution in [1.82, 2.24) is 9.88 Å². The molecule has 0 radical (unpaired) electrons. The fourth-order valence-electron chi connectivity index (χ4n) is 2.70. The fraction of sp³-hybridized carbons (Fsp3) is 0.294. The quantitative estimate of drug-likeness (QED) is 0.862. The van der Waals surface area contributed by atoms with Crippen LogP contribution in [0.4, 0.5) is 5.69 Å². The zero-order valence-corrected chi connectivity index (χ0v) is 12.5. The van der Waals surface area contributed by atoms with Gasteiger partial charge in [-0.15, -0.1) is 0 Å². The van der Waals surface area contributed by atoms with Crippen molar-refractivity contribution < 1.29 is 9.53 Å². The second kappa shape index (κ2) is 6.58. The molecule has 5 heteroatoms. The Morgan fingerprint density at radius 1 is 1.27 bits per heavy atom. The van der Waals surface area contributed by atoms with E-state index in [9.17, 15) is 4.79 Å². The number of anilines is 1. The van der Waals surface area contributed by atoms with E-state index in [-0.39, 0.29) is 12.1 Å². The van der Waals surface area contributed by atoms with Crippen LogP contribution in [0.3, 0.4) is 0 Å². The van der Waals surface area contributed by atoms with Crippen LogP contribution in [-0.2, 0) is 4.74 Å². The van der Waals surface area contributed by atoms with Crippen molar-refractivity contribution in [3.8, 4) is 0 Å². The van der Waals surface area contributed by atoms with Gasteiger partial charge < -0.3 is 15.0 Å². The molecule has 1 aliphatic heterocycles. The molecule has 1 atom stereocenters. The number of para-hydroxylation sites is 1. The summed E-state index contributed by atoms with van der Waals surface area (Å²) in [4.78, 5) is 18.8. The van der Waals surface area contributed by atoms with Gasteiger partial charge in [0.25, 0.3) is 5.91 Å². The van der Waals surface area contributed by atoms with Gasteiger partial charge in [0.05, 0.1) is 5.56 Å². The summed E-state index contributed by atoms with van der Waals surface area (Å²) in [7, 11) is 1.67. The monoisotopic (exact) mass is 297 g/mol. The number of carbonyl (C=O) groups excluding carboxylic acids is 1. The SMILES string of the molecule is COCCCN1C(=O)c2ccccc2NC1c1cccnc1. The Hall–Kier alpha value is -2.40. The minimum Gasteiger partial charge on any atom is -0.385 e. The van der Waals surface area contributed by atoms with E-state index in [1.807, 2.05) is 41.3 Å². The molecule has 5 nitrogen and oxygen atoms in total. The average molecular weight is 297 g/mol. The van der Waals surface area contributed by atoms with E-state index in [1.165, 1.54) is 0 Å². The number of ether oxygens (including phenoxy) is 1. The number of pyridine rings is 1. The van der Waals surface area contributed by atoms with Gasteiger partial charge >= 0.3 is 0 Å². The molecule has 0 saturated heterocycles. The van der Waals surface area contributed by atoms with Crippen LogP contribution < -0.4 is 5.32 Å². The number of aromatic nitrogens is 1. The molecule has 1 aliphatic rings. The van der Waals surface area contributed by atoms with Crippen molar-refractivity contribution in [1.29, 1.82) is 0 Å². The molecule has 0 fully saturated rings. The van der Waals surface area contributed by atoms with E-state index in [4.69, 9.17) is 4.74 Å². The van der Waals surface area contributed by atoms with Gasteiger partial charge in [-0.1, -0.05) is 18.2 Å². The van der Waals surface area contributed by atoms with Crippen LogP contribution in [0.15, 0.2) is 48.8 Å². The van der Waals surface area contributed by atoms with Gasteiger partial charge in [0.15, 0.2) is 0 Å². The molecule has 1 amide bonds. The maximum absolute atomic E-state index is 12.8. The number of rotatable bonds is 5. The first kappa shape index (κ1) is 14.5. The second-order valence-corrected chi connectivity index (χ2v) is 5.22. The average Bonchev–Trinajstić information content (AvgIpc) is 2.57. The lowest BCUT2D eigenvalue weighted by Crippen LogP contribution is -2.43. The molecule has 1 N–H and O–H groups in total. The Labute approximate surface area is 129 Å². The predicted octanol–water partition coefficient (Wildman–Crippen LogP) is 2.68. The zero-order valence-electron chi connectivity index (χ0n) is 12.5. The lowest BCUT2D eigenvalue weighted by Gasteiger charge is -2.38. The molecule has 0 saturated carbocycles. The highest BCUT2D eigenvalue weighted by molar-refractivity contribution is 6.01. The molecule has 2 heterocycles. The van der Waals surface area contributed by atoms with Crippen molar-refractivity contribution in [2.45, 2.75) is 12.6 Å². The van der Waals surface area contributed by atoms with Crippen LogP contribution in [-0.4, -0.2) is 36.1 Å². The van der Waals surface area contributed by atoms with E-state index in [2.05, 4.69) is 10.3 Å². The summed E-state index contributed by atoms with van der Waals surface area (Å²) < 4.78 is 5.11. The van der Waals surface area contributed by atoms with E-state index in [1.54, 1.807) is 19.5 Å². The lowest BCUT2D eigenvalue weighted by molar-refractivity contribution is 0.0660. The standard InChI is InChI=1S/C17H19N3O2/c1-22-11-5-10-20-16(13-6-4-9-18-12-13)19-15-8-3-2-7-14(15)17(20)21/h2-4,6-9,12,16,19H,5,10-11H2,1H3. The van der Waals surface area contributed by atoms with Crippen LogP contribution in [0.2, 0.25) is 0 Å². The number of hydrogen-bond donors (Lipinski definition) is 1. The number of nitrogens with zero attached hydrogens (tertiary/aromatic N) is 2. The molecule has 2 aromatic rings. The normalized spacial score (nSPS) is 17.0. The summed E-state index contributed by atoms with van der Waals surface area (Å²) in [6.45, 7) is 1.26. The highest BCUT2D eigenvalue weighted by Crippen LogP contribution is 2.32. The Morgan fingerprint density at radius 3 is 2.91 bits per heavy atom. The molecule has 3 rings (SSSR count). The minimum absolute atomic E-state index is 0.0410. The largest absolute Gasteiger partial charge is 0.385 e. The lowest BCUT2D eigenvalue weighted by atomic mass is 10.0. The van der Waals surface area contributed by atoms with Gasteiger partial charge in [0.1, 0.15) is 6.17 Å². The van der Waals surface area contributed by atoms with Crippen molar-refractivity contribution in [2.24, 2.45) is 0 Å². The molecule has 1 aromatic heterocycles. The van der Waals surface area contributed by atoms with Gasteiger partial charge in [-0.3, -0.25) is 9.78 Å². The number of amides is 1. The van der Waals surface area contributed by atoms with Gasteiger partial charge in [0, 0.05) is 43.9 Å². The number of fused-ring (bicyclic) bond motifs is 1.